The molecule has 0 saturated carbocycles. The first-order valence-corrected chi connectivity index (χ1v) is 7.10. The molecule has 0 aromatic heterocycles. The number of halogens is 3. The molecule has 2 rings (SSSR count). The number of nitrogens with two attached hydrogens (primary N) is 1. The van der Waals surface area contributed by atoms with Crippen LogP contribution in [0.1, 0.15) is 22.7 Å². The van der Waals surface area contributed by atoms with E-state index in [9.17, 15) is 4.39 Å². The second-order valence-electron chi connectivity index (χ2n) is 4.56. The van der Waals surface area contributed by atoms with E-state index in [1.807, 2.05) is 31.2 Å². The van der Waals surface area contributed by atoms with Crippen LogP contribution in [0.25, 0.3) is 0 Å². The Balaban J connectivity index is 2.23. The Morgan fingerprint density at radius 1 is 1.21 bits per heavy atom. The summed E-state index contributed by atoms with van der Waals surface area (Å²) in [4.78, 5) is 0. The van der Waals surface area contributed by atoms with Crippen molar-refractivity contribution < 1.29 is 4.39 Å². The Morgan fingerprint density at radius 2 is 1.84 bits per heavy atom. The normalized spacial score (nSPS) is 12.5. The highest BCUT2D eigenvalue weighted by Gasteiger charge is 2.16. The second-order valence-corrected chi connectivity index (χ2v) is 5.79. The topological polar surface area (TPSA) is 26.0 Å². The molecule has 100 valence electrons. The zero-order valence-corrected chi connectivity index (χ0v) is 12.8. The van der Waals surface area contributed by atoms with Gasteiger partial charge in [0.2, 0.25) is 0 Å². The maximum absolute atomic E-state index is 14.0. The molecule has 2 N–H and O–H groups in total. The van der Waals surface area contributed by atoms with Crippen LogP contribution < -0.4 is 5.73 Å². The first-order valence-electron chi connectivity index (χ1n) is 5.93. The minimum Gasteiger partial charge on any atom is -0.324 e. The van der Waals surface area contributed by atoms with E-state index in [2.05, 4.69) is 15.9 Å². The molecule has 1 unspecified atom stereocenters. The van der Waals surface area contributed by atoms with E-state index in [1.54, 1.807) is 12.1 Å². The van der Waals surface area contributed by atoms with Crippen molar-refractivity contribution in [1.29, 1.82) is 0 Å². The Morgan fingerprint density at radius 3 is 2.47 bits per heavy atom. The predicted octanol–water partition coefficient (Wildman–Crippen LogP) is 4.79. The summed E-state index contributed by atoms with van der Waals surface area (Å²) in [6.07, 6.45) is 0.579. The van der Waals surface area contributed by atoms with Crippen molar-refractivity contribution in [3.63, 3.8) is 0 Å². The fourth-order valence-electron chi connectivity index (χ4n) is 1.92. The molecule has 0 bridgehead atoms. The van der Waals surface area contributed by atoms with E-state index < -0.39 is 11.9 Å². The van der Waals surface area contributed by atoms with Crippen molar-refractivity contribution in [1.82, 2.24) is 0 Å². The van der Waals surface area contributed by atoms with Crippen LogP contribution in [0.4, 0.5) is 4.39 Å². The SMILES string of the molecule is Cc1ccc(CC(N)c2ccc(Br)c(Cl)c2F)cc1. The molecule has 0 fully saturated rings. The van der Waals surface area contributed by atoms with Crippen molar-refractivity contribution in [3.8, 4) is 0 Å². The maximum Gasteiger partial charge on any atom is 0.147 e. The molecule has 0 aliphatic heterocycles. The number of rotatable bonds is 3. The molecule has 1 atom stereocenters. The average Bonchev–Trinajstić information content (AvgIpc) is 2.39. The van der Waals surface area contributed by atoms with Gasteiger partial charge in [0.15, 0.2) is 0 Å². The van der Waals surface area contributed by atoms with E-state index in [1.165, 1.54) is 5.56 Å². The van der Waals surface area contributed by atoms with Gasteiger partial charge in [0, 0.05) is 16.1 Å². The second kappa shape index (κ2) is 6.04. The van der Waals surface area contributed by atoms with Crippen LogP contribution in [-0.4, -0.2) is 0 Å². The summed E-state index contributed by atoms with van der Waals surface area (Å²) in [6, 6.07) is 11.0. The lowest BCUT2D eigenvalue weighted by Crippen LogP contribution is -2.15. The molecule has 0 amide bonds. The fraction of sp³-hybridized carbons (Fsp3) is 0.200. The fourth-order valence-corrected chi connectivity index (χ4v) is 2.39. The molecule has 4 heteroatoms. The van der Waals surface area contributed by atoms with Crippen LogP contribution >= 0.6 is 27.5 Å². The molecule has 0 aliphatic rings. The van der Waals surface area contributed by atoms with Crippen LogP contribution in [0.5, 0.6) is 0 Å². The summed E-state index contributed by atoms with van der Waals surface area (Å²) >= 11 is 9.06. The number of hydrogen-bond acceptors (Lipinski definition) is 1. The van der Waals surface area contributed by atoms with Crippen LogP contribution in [-0.2, 0) is 6.42 Å². The van der Waals surface area contributed by atoms with E-state index >= 15 is 0 Å². The van der Waals surface area contributed by atoms with E-state index in [0.717, 1.165) is 5.56 Å². The Labute approximate surface area is 125 Å². The standard InChI is InChI=1S/C15H14BrClFN/c1-9-2-4-10(5-3-9)8-13(19)11-6-7-12(16)14(17)15(11)18/h2-7,13H,8,19H2,1H3. The number of benzene rings is 2. The highest BCUT2D eigenvalue weighted by molar-refractivity contribution is 9.10. The largest absolute Gasteiger partial charge is 0.324 e. The van der Waals surface area contributed by atoms with Gasteiger partial charge in [0.1, 0.15) is 5.82 Å². The smallest absolute Gasteiger partial charge is 0.147 e. The maximum atomic E-state index is 14.0. The van der Waals surface area contributed by atoms with Crippen LogP contribution in [0.15, 0.2) is 40.9 Å². The summed E-state index contributed by atoms with van der Waals surface area (Å²) in [7, 11) is 0. The van der Waals surface area contributed by atoms with E-state index in [-0.39, 0.29) is 5.02 Å². The van der Waals surface area contributed by atoms with Gasteiger partial charge in [-0.05, 0) is 40.9 Å². The Kier molecular flexibility index (Phi) is 4.61. The van der Waals surface area contributed by atoms with Crippen LogP contribution in [0.3, 0.4) is 0 Å². The van der Waals surface area contributed by atoms with Crippen molar-refractivity contribution in [2.75, 3.05) is 0 Å². The highest BCUT2D eigenvalue weighted by atomic mass is 79.9. The van der Waals surface area contributed by atoms with Gasteiger partial charge in [0.05, 0.1) is 5.02 Å². The summed E-state index contributed by atoms with van der Waals surface area (Å²) in [5, 5.41) is 0.0804. The molecular weight excluding hydrogens is 329 g/mol. The summed E-state index contributed by atoms with van der Waals surface area (Å²) in [5.41, 5.74) is 8.78. The molecular formula is C15H14BrClFN. The summed E-state index contributed by atoms with van der Waals surface area (Å²) in [5.74, 6) is -0.448. The van der Waals surface area contributed by atoms with Crippen molar-refractivity contribution in [3.05, 3.63) is 68.4 Å². The van der Waals surface area contributed by atoms with Crippen LogP contribution in [0.2, 0.25) is 5.02 Å². The van der Waals surface area contributed by atoms with Crippen LogP contribution in [0, 0.1) is 12.7 Å². The highest BCUT2D eigenvalue weighted by Crippen LogP contribution is 2.30. The van der Waals surface area contributed by atoms with Crippen molar-refractivity contribution >= 4 is 27.5 Å². The third-order valence-electron chi connectivity index (χ3n) is 3.04. The molecule has 2 aromatic rings. The lowest BCUT2D eigenvalue weighted by molar-refractivity contribution is 0.580. The molecule has 0 radical (unpaired) electrons. The van der Waals surface area contributed by atoms with Gasteiger partial charge in [-0.3, -0.25) is 0 Å². The molecule has 0 spiro atoms. The van der Waals surface area contributed by atoms with E-state index in [4.69, 9.17) is 17.3 Å². The van der Waals surface area contributed by atoms with Gasteiger partial charge >= 0.3 is 0 Å². The summed E-state index contributed by atoms with van der Waals surface area (Å²) in [6.45, 7) is 2.03. The van der Waals surface area contributed by atoms with Gasteiger partial charge in [-0.15, -0.1) is 0 Å². The molecule has 0 aliphatic carbocycles. The van der Waals surface area contributed by atoms with Gasteiger partial charge in [-0.2, -0.15) is 0 Å². The van der Waals surface area contributed by atoms with Crippen molar-refractivity contribution in [2.24, 2.45) is 5.73 Å². The van der Waals surface area contributed by atoms with Gasteiger partial charge in [-0.25, -0.2) is 4.39 Å². The van der Waals surface area contributed by atoms with Crippen molar-refractivity contribution in [2.45, 2.75) is 19.4 Å². The Bertz CT molecular complexity index is 583. The third-order valence-corrected chi connectivity index (χ3v) is 4.30. The molecule has 1 nitrogen and oxygen atoms in total. The Hall–Kier alpha value is -0.900. The first kappa shape index (κ1) is 14.5. The molecule has 0 saturated heterocycles. The monoisotopic (exact) mass is 341 g/mol. The third kappa shape index (κ3) is 3.35. The van der Waals surface area contributed by atoms with Gasteiger partial charge in [0.25, 0.3) is 0 Å². The van der Waals surface area contributed by atoms with E-state index in [0.29, 0.717) is 16.5 Å². The zero-order valence-electron chi connectivity index (χ0n) is 10.5. The lowest BCUT2D eigenvalue weighted by atomic mass is 9.98. The first-order chi connectivity index (χ1) is 8.99. The average molecular weight is 343 g/mol. The molecule has 0 heterocycles. The minimum absolute atomic E-state index is 0.0804. The molecule has 2 aromatic carbocycles. The molecule has 19 heavy (non-hydrogen) atoms. The lowest BCUT2D eigenvalue weighted by Gasteiger charge is -2.14. The quantitative estimate of drug-likeness (QED) is 0.797. The predicted molar refractivity (Wildman–Crippen MR) is 80.9 cm³/mol. The summed E-state index contributed by atoms with van der Waals surface area (Å²) < 4.78 is 14.6. The minimum atomic E-state index is -0.448. The number of hydrogen-bond donors (Lipinski definition) is 1. The van der Waals surface area contributed by atoms with Gasteiger partial charge < -0.3 is 5.73 Å². The number of aryl methyl sites for hydroxylation is 1. The van der Waals surface area contributed by atoms with Gasteiger partial charge in [-0.1, -0.05) is 47.5 Å². The zero-order chi connectivity index (χ0) is 14.0.